The molecule has 0 amide bonds. The highest BCUT2D eigenvalue weighted by molar-refractivity contribution is 7.89. The molecule has 0 spiro atoms. The van der Waals surface area contributed by atoms with Crippen LogP contribution in [0.3, 0.4) is 0 Å². The molecule has 4 N–H and O–H groups in total. The van der Waals surface area contributed by atoms with E-state index in [9.17, 15) is 18.5 Å². The fraction of sp³-hybridized carbons (Fsp3) is 0.412. The number of aromatic nitrogens is 2. The Balaban J connectivity index is 1.69. The SMILES string of the molecule is N#Cc1c(N)n[nH]c1CCCNc1ccc(S(=O)(=O)N2CCCC2)cc1[N+](=O)[O-]. The maximum Gasteiger partial charge on any atom is 0.293 e. The van der Waals surface area contributed by atoms with Crippen LogP contribution in [-0.4, -0.2) is 47.5 Å². The predicted molar refractivity (Wildman–Crippen MR) is 106 cm³/mol. The molecule has 2 aromatic rings. The minimum Gasteiger partial charge on any atom is -0.381 e. The summed E-state index contributed by atoms with van der Waals surface area (Å²) in [6.07, 6.45) is 2.61. The molecular weight excluding hydrogens is 398 g/mol. The molecule has 1 aliphatic rings. The third-order valence-electron chi connectivity index (χ3n) is 4.77. The van der Waals surface area contributed by atoms with Crippen molar-refractivity contribution >= 4 is 27.2 Å². The van der Waals surface area contributed by atoms with Crippen LogP contribution in [0.25, 0.3) is 0 Å². The monoisotopic (exact) mass is 419 g/mol. The van der Waals surface area contributed by atoms with Gasteiger partial charge in [-0.1, -0.05) is 0 Å². The molecule has 0 radical (unpaired) electrons. The molecular formula is C17H21N7O4S. The zero-order valence-corrected chi connectivity index (χ0v) is 16.4. The number of benzene rings is 1. The number of hydrogen-bond acceptors (Lipinski definition) is 8. The molecule has 12 heteroatoms. The summed E-state index contributed by atoms with van der Waals surface area (Å²) >= 11 is 0. The molecule has 1 aromatic heterocycles. The minimum atomic E-state index is -3.73. The van der Waals surface area contributed by atoms with Crippen molar-refractivity contribution in [1.82, 2.24) is 14.5 Å². The number of nitrogens with two attached hydrogens (primary N) is 1. The third-order valence-corrected chi connectivity index (χ3v) is 6.66. The Hall–Kier alpha value is -3.17. The van der Waals surface area contributed by atoms with Crippen molar-refractivity contribution in [1.29, 1.82) is 5.26 Å². The van der Waals surface area contributed by atoms with Gasteiger partial charge in [0.2, 0.25) is 10.0 Å². The molecule has 2 heterocycles. The molecule has 3 rings (SSSR count). The van der Waals surface area contributed by atoms with Crippen LogP contribution in [0.4, 0.5) is 17.2 Å². The molecule has 0 atom stereocenters. The quantitative estimate of drug-likeness (QED) is 0.329. The summed E-state index contributed by atoms with van der Waals surface area (Å²) in [6.45, 7) is 1.24. The number of anilines is 2. The maximum absolute atomic E-state index is 12.6. The van der Waals surface area contributed by atoms with Crippen LogP contribution >= 0.6 is 0 Å². The van der Waals surface area contributed by atoms with Crippen molar-refractivity contribution < 1.29 is 13.3 Å². The first-order valence-corrected chi connectivity index (χ1v) is 10.5. The Kier molecular flexibility index (Phi) is 6.00. The standard InChI is InChI=1S/C17H21N7O4S/c18-11-13-14(21-22-17(13)19)4-3-7-20-15-6-5-12(10-16(15)24(25)26)29(27,28)23-8-1-2-9-23/h5-6,10,20H,1-4,7-9H2,(H3,19,21,22). The Labute approximate surface area is 167 Å². The molecule has 11 nitrogen and oxygen atoms in total. The van der Waals surface area contributed by atoms with Crippen LogP contribution in [0, 0.1) is 21.4 Å². The van der Waals surface area contributed by atoms with Gasteiger partial charge in [-0.25, -0.2) is 8.42 Å². The lowest BCUT2D eigenvalue weighted by atomic mass is 10.1. The fourth-order valence-electron chi connectivity index (χ4n) is 3.24. The highest BCUT2D eigenvalue weighted by Crippen LogP contribution is 2.30. The van der Waals surface area contributed by atoms with Gasteiger partial charge in [0.25, 0.3) is 5.69 Å². The van der Waals surface area contributed by atoms with Gasteiger partial charge in [-0.2, -0.15) is 14.7 Å². The number of nitrogen functional groups attached to an aromatic ring is 1. The van der Waals surface area contributed by atoms with Crippen LogP contribution in [0.15, 0.2) is 23.1 Å². The number of nitriles is 1. The van der Waals surface area contributed by atoms with E-state index in [2.05, 4.69) is 15.5 Å². The van der Waals surface area contributed by atoms with Gasteiger partial charge in [-0.05, 0) is 37.8 Å². The van der Waals surface area contributed by atoms with Crippen LogP contribution in [-0.2, 0) is 16.4 Å². The molecule has 1 saturated heterocycles. The lowest BCUT2D eigenvalue weighted by Gasteiger charge is -2.16. The summed E-state index contributed by atoms with van der Waals surface area (Å²) in [6, 6.07) is 5.87. The highest BCUT2D eigenvalue weighted by Gasteiger charge is 2.29. The topological polar surface area (TPSA) is 171 Å². The Morgan fingerprint density at radius 3 is 2.76 bits per heavy atom. The van der Waals surface area contributed by atoms with Crippen molar-refractivity contribution in [2.75, 3.05) is 30.7 Å². The maximum atomic E-state index is 12.6. The van der Waals surface area contributed by atoms with Crippen LogP contribution in [0.2, 0.25) is 0 Å². The molecule has 154 valence electrons. The first-order valence-electron chi connectivity index (χ1n) is 9.10. The molecule has 0 unspecified atom stereocenters. The average molecular weight is 419 g/mol. The largest absolute Gasteiger partial charge is 0.381 e. The Morgan fingerprint density at radius 2 is 2.10 bits per heavy atom. The number of H-pyrrole nitrogens is 1. The van der Waals surface area contributed by atoms with E-state index in [1.165, 1.54) is 16.4 Å². The zero-order chi connectivity index (χ0) is 21.0. The number of aromatic amines is 1. The number of sulfonamides is 1. The number of nitrogens with zero attached hydrogens (tertiary/aromatic N) is 4. The molecule has 1 aliphatic heterocycles. The third kappa shape index (κ3) is 4.30. The second-order valence-electron chi connectivity index (χ2n) is 6.65. The first kappa shape index (κ1) is 20.6. The van der Waals surface area contributed by atoms with E-state index in [0.717, 1.165) is 18.9 Å². The second-order valence-corrected chi connectivity index (χ2v) is 8.59. The van der Waals surface area contributed by atoms with Crippen molar-refractivity contribution in [2.24, 2.45) is 0 Å². The summed E-state index contributed by atoms with van der Waals surface area (Å²) in [5.74, 6) is 0.140. The second kappa shape index (κ2) is 8.46. The number of nitro groups is 1. The van der Waals surface area contributed by atoms with Crippen molar-refractivity contribution in [2.45, 2.75) is 30.6 Å². The van der Waals surface area contributed by atoms with Gasteiger partial charge >= 0.3 is 0 Å². The van der Waals surface area contributed by atoms with Gasteiger partial charge in [-0.3, -0.25) is 15.2 Å². The smallest absolute Gasteiger partial charge is 0.293 e. The van der Waals surface area contributed by atoms with E-state index in [-0.39, 0.29) is 22.1 Å². The highest BCUT2D eigenvalue weighted by atomic mass is 32.2. The van der Waals surface area contributed by atoms with Gasteiger partial charge < -0.3 is 11.1 Å². The zero-order valence-electron chi connectivity index (χ0n) is 15.6. The number of aryl methyl sites for hydroxylation is 1. The van der Waals surface area contributed by atoms with E-state index in [0.29, 0.717) is 43.7 Å². The molecule has 0 saturated carbocycles. The van der Waals surface area contributed by atoms with Crippen LogP contribution < -0.4 is 11.1 Å². The average Bonchev–Trinajstić information content (AvgIpc) is 3.35. The predicted octanol–water partition coefficient (Wildman–Crippen LogP) is 1.60. The summed E-state index contributed by atoms with van der Waals surface area (Å²) in [7, 11) is -3.73. The first-order chi connectivity index (χ1) is 13.8. The number of rotatable bonds is 8. The van der Waals surface area contributed by atoms with E-state index < -0.39 is 14.9 Å². The fourth-order valence-corrected chi connectivity index (χ4v) is 4.78. The van der Waals surface area contributed by atoms with Gasteiger partial charge in [-0.15, -0.1) is 0 Å². The van der Waals surface area contributed by atoms with Crippen LogP contribution in [0.1, 0.15) is 30.5 Å². The van der Waals surface area contributed by atoms with E-state index in [1.54, 1.807) is 0 Å². The van der Waals surface area contributed by atoms with E-state index in [4.69, 9.17) is 11.0 Å². The minimum absolute atomic E-state index is 0.0803. The van der Waals surface area contributed by atoms with Gasteiger partial charge in [0.05, 0.1) is 15.5 Å². The summed E-state index contributed by atoms with van der Waals surface area (Å²) in [5, 5.41) is 30.0. The van der Waals surface area contributed by atoms with Crippen molar-refractivity contribution in [3.63, 3.8) is 0 Å². The summed E-state index contributed by atoms with van der Waals surface area (Å²) < 4.78 is 26.6. The molecule has 29 heavy (non-hydrogen) atoms. The Bertz CT molecular complexity index is 1050. The van der Waals surface area contributed by atoms with Gasteiger partial charge in [0, 0.05) is 25.7 Å². The number of hydrogen-bond donors (Lipinski definition) is 3. The van der Waals surface area contributed by atoms with Gasteiger partial charge in [0.15, 0.2) is 5.82 Å². The number of nitrogens with one attached hydrogen (secondary N) is 2. The van der Waals surface area contributed by atoms with Gasteiger partial charge in [0.1, 0.15) is 17.3 Å². The lowest BCUT2D eigenvalue weighted by molar-refractivity contribution is -0.384. The summed E-state index contributed by atoms with van der Waals surface area (Å²) in [5.41, 5.74) is 6.43. The molecule has 1 fully saturated rings. The Morgan fingerprint density at radius 1 is 1.38 bits per heavy atom. The van der Waals surface area contributed by atoms with E-state index >= 15 is 0 Å². The lowest BCUT2D eigenvalue weighted by Crippen LogP contribution is -2.27. The molecule has 1 aromatic carbocycles. The van der Waals surface area contributed by atoms with Crippen molar-refractivity contribution in [3.05, 3.63) is 39.6 Å². The molecule has 0 bridgehead atoms. The van der Waals surface area contributed by atoms with Crippen LogP contribution in [0.5, 0.6) is 0 Å². The van der Waals surface area contributed by atoms with E-state index in [1.807, 2.05) is 6.07 Å². The van der Waals surface area contributed by atoms with Crippen molar-refractivity contribution in [3.8, 4) is 6.07 Å². The molecule has 0 aliphatic carbocycles. The number of nitro benzene ring substituents is 1. The normalized spacial score (nSPS) is 14.6. The summed E-state index contributed by atoms with van der Waals surface area (Å²) in [4.78, 5) is 10.8.